The van der Waals surface area contributed by atoms with Crippen molar-refractivity contribution in [2.45, 2.75) is 31.2 Å². The minimum Gasteiger partial charge on any atom is -0.271 e. The molecule has 0 heterocycles. The Labute approximate surface area is 139 Å². The monoisotopic (exact) mass is 364 g/mol. The van der Waals surface area contributed by atoms with Crippen LogP contribution in [-0.2, 0) is 6.42 Å². The lowest BCUT2D eigenvalue weighted by Crippen LogP contribution is -2.39. The number of hydrogen-bond acceptors (Lipinski definition) is 3. The third-order valence-corrected chi connectivity index (χ3v) is 5.30. The van der Waals surface area contributed by atoms with Gasteiger partial charge in [0, 0.05) is 21.2 Å². The van der Waals surface area contributed by atoms with E-state index in [-0.39, 0.29) is 6.04 Å². The Bertz CT molecular complexity index is 564. The number of nitrogens with one attached hydrogen (secondary N) is 1. The molecule has 1 atom stereocenters. The summed E-state index contributed by atoms with van der Waals surface area (Å²) in [5, 5.41) is 0. The van der Waals surface area contributed by atoms with Crippen molar-refractivity contribution in [1.29, 1.82) is 0 Å². The van der Waals surface area contributed by atoms with E-state index in [1.807, 2.05) is 11.8 Å². The van der Waals surface area contributed by atoms with Crippen LogP contribution >= 0.6 is 27.7 Å². The van der Waals surface area contributed by atoms with Gasteiger partial charge >= 0.3 is 0 Å². The molecule has 2 aromatic rings. The van der Waals surface area contributed by atoms with Crippen molar-refractivity contribution in [3.8, 4) is 0 Å². The van der Waals surface area contributed by atoms with Gasteiger partial charge in [0.15, 0.2) is 0 Å². The van der Waals surface area contributed by atoms with E-state index in [2.05, 4.69) is 77.7 Å². The van der Waals surface area contributed by atoms with Gasteiger partial charge in [-0.15, -0.1) is 11.8 Å². The Morgan fingerprint density at radius 1 is 1.10 bits per heavy atom. The number of nitrogens with two attached hydrogens (primary N) is 1. The Kier molecular flexibility index (Phi) is 6.30. The summed E-state index contributed by atoms with van der Waals surface area (Å²) in [6.07, 6.45) is 0.957. The molecule has 0 spiro atoms. The van der Waals surface area contributed by atoms with Crippen molar-refractivity contribution in [2.24, 2.45) is 5.84 Å². The fourth-order valence-electron chi connectivity index (χ4n) is 2.31. The molecule has 0 aliphatic rings. The molecule has 21 heavy (non-hydrogen) atoms. The van der Waals surface area contributed by atoms with Gasteiger partial charge in [0.25, 0.3) is 0 Å². The number of thioether (sulfide) groups is 1. The maximum Gasteiger partial charge on any atom is 0.0345 e. The standard InChI is InChI=1S/C17H21BrN2S/c1-12-4-3-5-13(2)17(12)10-15(20-19)11-21-16-8-6-14(18)7-9-16/h3-9,15,20H,10-11,19H2,1-2H3. The molecule has 4 heteroatoms. The molecular formula is C17H21BrN2S. The van der Waals surface area contributed by atoms with E-state index >= 15 is 0 Å². The van der Waals surface area contributed by atoms with Gasteiger partial charge < -0.3 is 0 Å². The van der Waals surface area contributed by atoms with Gasteiger partial charge in [0.2, 0.25) is 0 Å². The highest BCUT2D eigenvalue weighted by Gasteiger charge is 2.12. The molecule has 0 radical (unpaired) electrons. The second-order valence-corrected chi connectivity index (χ2v) is 7.21. The molecule has 0 aliphatic carbocycles. The van der Waals surface area contributed by atoms with Crippen LogP contribution < -0.4 is 11.3 Å². The number of hydrogen-bond donors (Lipinski definition) is 2. The summed E-state index contributed by atoms with van der Waals surface area (Å²) in [6, 6.07) is 15.1. The molecule has 2 aromatic carbocycles. The second-order valence-electron chi connectivity index (χ2n) is 5.20. The normalized spacial score (nSPS) is 12.4. The van der Waals surface area contributed by atoms with Crippen LogP contribution in [-0.4, -0.2) is 11.8 Å². The third-order valence-electron chi connectivity index (χ3n) is 3.60. The Morgan fingerprint density at radius 2 is 1.71 bits per heavy atom. The summed E-state index contributed by atoms with van der Waals surface area (Å²) in [5.41, 5.74) is 7.03. The summed E-state index contributed by atoms with van der Waals surface area (Å²) in [5.74, 6) is 6.69. The molecule has 0 saturated heterocycles. The van der Waals surface area contributed by atoms with Crippen LogP contribution in [0.15, 0.2) is 51.8 Å². The number of halogens is 1. The predicted octanol–water partition coefficient (Wildman–Crippen LogP) is 4.23. The topological polar surface area (TPSA) is 38.0 Å². The lowest BCUT2D eigenvalue weighted by molar-refractivity contribution is 0.573. The van der Waals surface area contributed by atoms with Crippen LogP contribution in [0.2, 0.25) is 0 Å². The van der Waals surface area contributed by atoms with E-state index in [4.69, 9.17) is 5.84 Å². The Balaban J connectivity index is 1.98. The molecule has 0 aromatic heterocycles. The van der Waals surface area contributed by atoms with Crippen LogP contribution in [0.3, 0.4) is 0 Å². The number of aryl methyl sites for hydroxylation is 2. The fourth-order valence-corrected chi connectivity index (χ4v) is 3.51. The van der Waals surface area contributed by atoms with E-state index in [1.54, 1.807) is 0 Å². The smallest absolute Gasteiger partial charge is 0.0345 e. The van der Waals surface area contributed by atoms with Crippen molar-refractivity contribution < 1.29 is 0 Å². The van der Waals surface area contributed by atoms with Gasteiger partial charge in [0.1, 0.15) is 0 Å². The van der Waals surface area contributed by atoms with Crippen LogP contribution in [0.1, 0.15) is 16.7 Å². The highest BCUT2D eigenvalue weighted by Crippen LogP contribution is 2.23. The minimum absolute atomic E-state index is 0.262. The van der Waals surface area contributed by atoms with Gasteiger partial charge in [-0.25, -0.2) is 0 Å². The maximum absolute atomic E-state index is 5.74. The number of hydrazine groups is 1. The molecule has 2 rings (SSSR count). The first-order valence-corrected chi connectivity index (χ1v) is 8.77. The van der Waals surface area contributed by atoms with Gasteiger partial charge in [-0.2, -0.15) is 0 Å². The molecule has 1 unspecified atom stereocenters. The quantitative estimate of drug-likeness (QED) is 0.457. The first-order valence-electron chi connectivity index (χ1n) is 6.99. The van der Waals surface area contributed by atoms with Gasteiger partial charge in [-0.3, -0.25) is 11.3 Å². The van der Waals surface area contributed by atoms with E-state index < -0.39 is 0 Å². The molecular weight excluding hydrogens is 344 g/mol. The van der Waals surface area contributed by atoms with Crippen molar-refractivity contribution in [1.82, 2.24) is 5.43 Å². The molecule has 0 fully saturated rings. The minimum atomic E-state index is 0.262. The van der Waals surface area contributed by atoms with Crippen molar-refractivity contribution in [3.05, 3.63) is 63.6 Å². The van der Waals surface area contributed by atoms with E-state index in [1.165, 1.54) is 21.6 Å². The molecule has 0 aliphatic heterocycles. The van der Waals surface area contributed by atoms with Crippen LogP contribution in [0, 0.1) is 13.8 Å². The molecule has 2 nitrogen and oxygen atoms in total. The molecule has 3 N–H and O–H groups in total. The highest BCUT2D eigenvalue weighted by molar-refractivity contribution is 9.10. The molecule has 0 saturated carbocycles. The van der Waals surface area contributed by atoms with Crippen LogP contribution in [0.5, 0.6) is 0 Å². The second kappa shape index (κ2) is 7.99. The van der Waals surface area contributed by atoms with E-state index in [0.29, 0.717) is 0 Å². The van der Waals surface area contributed by atoms with Gasteiger partial charge in [0.05, 0.1) is 0 Å². The lowest BCUT2D eigenvalue weighted by atomic mass is 9.97. The van der Waals surface area contributed by atoms with Crippen molar-refractivity contribution in [3.63, 3.8) is 0 Å². The number of rotatable bonds is 6. The zero-order valence-electron chi connectivity index (χ0n) is 12.4. The summed E-state index contributed by atoms with van der Waals surface area (Å²) in [6.45, 7) is 4.33. The van der Waals surface area contributed by atoms with Crippen molar-refractivity contribution in [2.75, 3.05) is 5.75 Å². The Hall–Kier alpha value is -0.810. The van der Waals surface area contributed by atoms with E-state index in [9.17, 15) is 0 Å². The third kappa shape index (κ3) is 4.85. The molecule has 112 valence electrons. The zero-order valence-corrected chi connectivity index (χ0v) is 14.8. The average molecular weight is 365 g/mol. The maximum atomic E-state index is 5.74. The first-order chi connectivity index (χ1) is 10.1. The summed E-state index contributed by atoms with van der Waals surface area (Å²) < 4.78 is 1.11. The highest BCUT2D eigenvalue weighted by atomic mass is 79.9. The Morgan fingerprint density at radius 3 is 2.29 bits per heavy atom. The lowest BCUT2D eigenvalue weighted by Gasteiger charge is -2.18. The van der Waals surface area contributed by atoms with Crippen LogP contribution in [0.25, 0.3) is 0 Å². The van der Waals surface area contributed by atoms with Gasteiger partial charge in [-0.05, 0) is 61.2 Å². The summed E-state index contributed by atoms with van der Waals surface area (Å²) in [4.78, 5) is 1.26. The fraction of sp³-hybridized carbons (Fsp3) is 0.294. The molecule has 0 bridgehead atoms. The average Bonchev–Trinajstić information content (AvgIpc) is 2.48. The van der Waals surface area contributed by atoms with E-state index in [0.717, 1.165) is 16.6 Å². The summed E-state index contributed by atoms with van der Waals surface area (Å²) >= 11 is 5.29. The van der Waals surface area contributed by atoms with Gasteiger partial charge in [-0.1, -0.05) is 34.1 Å². The van der Waals surface area contributed by atoms with Crippen LogP contribution in [0.4, 0.5) is 0 Å². The largest absolute Gasteiger partial charge is 0.271 e. The SMILES string of the molecule is Cc1cccc(C)c1CC(CSc1ccc(Br)cc1)NN. The zero-order chi connectivity index (χ0) is 15.2. The predicted molar refractivity (Wildman–Crippen MR) is 95.6 cm³/mol. The summed E-state index contributed by atoms with van der Waals surface area (Å²) in [7, 11) is 0. The van der Waals surface area contributed by atoms with Crippen molar-refractivity contribution >= 4 is 27.7 Å². The molecule has 0 amide bonds. The number of benzene rings is 2. The first kappa shape index (κ1) is 16.6.